The van der Waals surface area contributed by atoms with Gasteiger partial charge in [-0.2, -0.15) is 0 Å². The number of anilines is 1. The summed E-state index contributed by atoms with van der Waals surface area (Å²) in [7, 11) is 0. The summed E-state index contributed by atoms with van der Waals surface area (Å²) in [4.78, 5) is 27.7. The summed E-state index contributed by atoms with van der Waals surface area (Å²) in [5.74, 6) is 0.690. The van der Waals surface area contributed by atoms with Gasteiger partial charge in [0.05, 0.1) is 0 Å². The summed E-state index contributed by atoms with van der Waals surface area (Å²) in [5.41, 5.74) is 6.77. The van der Waals surface area contributed by atoms with Gasteiger partial charge in [0, 0.05) is 42.8 Å². The quantitative estimate of drug-likeness (QED) is 0.889. The van der Waals surface area contributed by atoms with E-state index in [0.717, 1.165) is 5.69 Å². The van der Waals surface area contributed by atoms with Crippen molar-refractivity contribution in [2.75, 3.05) is 5.73 Å². The topological polar surface area (TPSA) is 82.9 Å². The number of nitrogens with zero attached hydrogens (tertiary/aromatic N) is 3. The number of aryl methyl sites for hydroxylation is 3. The fraction of sp³-hybridized carbons (Fsp3) is 0.357. The van der Waals surface area contributed by atoms with E-state index in [1.54, 1.807) is 35.2 Å². The van der Waals surface area contributed by atoms with Gasteiger partial charge in [-0.05, 0) is 26.3 Å². The number of aromatic nitrogens is 3. The first-order valence-electron chi connectivity index (χ1n) is 6.48. The lowest BCUT2D eigenvalue weighted by Gasteiger charge is -2.10. The first-order valence-corrected chi connectivity index (χ1v) is 6.48. The van der Waals surface area contributed by atoms with E-state index in [1.807, 2.05) is 0 Å². The van der Waals surface area contributed by atoms with Gasteiger partial charge >= 0.3 is 0 Å². The van der Waals surface area contributed by atoms with Gasteiger partial charge in [-0.3, -0.25) is 14.2 Å². The van der Waals surface area contributed by atoms with Crippen molar-refractivity contribution in [2.45, 2.75) is 33.4 Å². The molecular formula is C14H18N4O2. The Kier molecular flexibility index (Phi) is 4.02. The first kappa shape index (κ1) is 14.0. The lowest BCUT2D eigenvalue weighted by Crippen LogP contribution is -2.25. The molecule has 0 aromatic carbocycles. The van der Waals surface area contributed by atoms with Crippen molar-refractivity contribution in [1.29, 1.82) is 0 Å². The highest BCUT2D eigenvalue weighted by Gasteiger charge is 2.03. The molecule has 20 heavy (non-hydrogen) atoms. The number of hydrogen-bond acceptors (Lipinski definition) is 4. The zero-order chi connectivity index (χ0) is 14.7. The SMILES string of the molecule is Cc1cc(=O)n(CCCn2cc(N)ccc2=O)c(C)n1. The van der Waals surface area contributed by atoms with Gasteiger partial charge in [-0.15, -0.1) is 0 Å². The third kappa shape index (κ3) is 3.14. The van der Waals surface area contributed by atoms with Crippen LogP contribution in [0.25, 0.3) is 0 Å². The molecule has 0 saturated carbocycles. The highest BCUT2D eigenvalue weighted by atomic mass is 16.1. The predicted molar refractivity (Wildman–Crippen MR) is 77.7 cm³/mol. The molecule has 2 N–H and O–H groups in total. The molecule has 0 aliphatic heterocycles. The molecule has 0 amide bonds. The monoisotopic (exact) mass is 274 g/mol. The van der Waals surface area contributed by atoms with Gasteiger partial charge in [0.15, 0.2) is 0 Å². The van der Waals surface area contributed by atoms with Crippen LogP contribution in [0.15, 0.2) is 34.0 Å². The van der Waals surface area contributed by atoms with Gasteiger partial charge < -0.3 is 10.3 Å². The van der Waals surface area contributed by atoms with Gasteiger partial charge in [0.1, 0.15) is 5.82 Å². The summed E-state index contributed by atoms with van der Waals surface area (Å²) in [6.07, 6.45) is 2.28. The molecule has 106 valence electrons. The van der Waals surface area contributed by atoms with Crippen LogP contribution in [0, 0.1) is 13.8 Å². The molecular weight excluding hydrogens is 256 g/mol. The smallest absolute Gasteiger partial charge is 0.253 e. The summed E-state index contributed by atoms with van der Waals surface area (Å²) in [6.45, 7) is 4.65. The molecule has 0 spiro atoms. The second-order valence-electron chi connectivity index (χ2n) is 4.78. The van der Waals surface area contributed by atoms with Crippen LogP contribution in [0.4, 0.5) is 5.69 Å². The Balaban J connectivity index is 2.09. The van der Waals surface area contributed by atoms with E-state index in [9.17, 15) is 9.59 Å². The maximum atomic E-state index is 11.9. The van der Waals surface area contributed by atoms with E-state index in [-0.39, 0.29) is 11.1 Å². The molecule has 0 radical (unpaired) electrons. The molecule has 2 aromatic rings. The van der Waals surface area contributed by atoms with E-state index in [2.05, 4.69) is 4.98 Å². The van der Waals surface area contributed by atoms with Crippen LogP contribution in [-0.4, -0.2) is 14.1 Å². The number of nitrogen functional groups attached to an aromatic ring is 1. The van der Waals surface area contributed by atoms with Crippen molar-refractivity contribution in [1.82, 2.24) is 14.1 Å². The maximum Gasteiger partial charge on any atom is 0.253 e. The van der Waals surface area contributed by atoms with E-state index in [1.165, 1.54) is 12.1 Å². The number of pyridine rings is 1. The van der Waals surface area contributed by atoms with Crippen LogP contribution in [0.5, 0.6) is 0 Å². The number of hydrogen-bond donors (Lipinski definition) is 1. The number of nitrogens with two attached hydrogens (primary N) is 1. The molecule has 0 aliphatic rings. The minimum Gasteiger partial charge on any atom is -0.398 e. The minimum atomic E-state index is -0.0923. The molecule has 0 atom stereocenters. The Morgan fingerprint density at radius 1 is 1.15 bits per heavy atom. The Hall–Kier alpha value is -2.37. The van der Waals surface area contributed by atoms with Crippen LogP contribution < -0.4 is 16.9 Å². The van der Waals surface area contributed by atoms with Crippen molar-refractivity contribution in [3.8, 4) is 0 Å². The van der Waals surface area contributed by atoms with Crippen molar-refractivity contribution in [2.24, 2.45) is 0 Å². The van der Waals surface area contributed by atoms with Crippen LogP contribution in [-0.2, 0) is 13.1 Å². The van der Waals surface area contributed by atoms with Gasteiger partial charge in [0.2, 0.25) is 0 Å². The number of rotatable bonds is 4. The molecule has 0 saturated heterocycles. The van der Waals surface area contributed by atoms with E-state index in [4.69, 9.17) is 5.73 Å². The second kappa shape index (κ2) is 5.73. The average Bonchev–Trinajstić information content (AvgIpc) is 2.36. The fourth-order valence-electron chi connectivity index (χ4n) is 2.16. The van der Waals surface area contributed by atoms with Crippen molar-refractivity contribution >= 4 is 5.69 Å². The van der Waals surface area contributed by atoms with Crippen LogP contribution in [0.1, 0.15) is 17.9 Å². The van der Waals surface area contributed by atoms with Gasteiger partial charge in [0.25, 0.3) is 11.1 Å². The Bertz CT molecular complexity index is 731. The highest BCUT2D eigenvalue weighted by Crippen LogP contribution is 1.99. The average molecular weight is 274 g/mol. The maximum absolute atomic E-state index is 11.9. The third-order valence-electron chi connectivity index (χ3n) is 3.11. The lowest BCUT2D eigenvalue weighted by molar-refractivity contribution is 0.528. The molecule has 2 aromatic heterocycles. The van der Waals surface area contributed by atoms with Crippen molar-refractivity contribution in [3.63, 3.8) is 0 Å². The summed E-state index contributed by atoms with van der Waals surface area (Å²) in [5, 5.41) is 0. The second-order valence-corrected chi connectivity index (χ2v) is 4.78. The molecule has 0 fully saturated rings. The van der Waals surface area contributed by atoms with Crippen LogP contribution in [0.2, 0.25) is 0 Å². The van der Waals surface area contributed by atoms with Gasteiger partial charge in [-0.25, -0.2) is 4.98 Å². The van der Waals surface area contributed by atoms with E-state index >= 15 is 0 Å². The molecule has 2 heterocycles. The Labute approximate surface area is 116 Å². The largest absolute Gasteiger partial charge is 0.398 e. The highest BCUT2D eigenvalue weighted by molar-refractivity contribution is 5.33. The summed E-state index contributed by atoms with van der Waals surface area (Å²) < 4.78 is 3.17. The Morgan fingerprint density at radius 3 is 2.60 bits per heavy atom. The molecule has 6 nitrogen and oxygen atoms in total. The van der Waals surface area contributed by atoms with E-state index < -0.39 is 0 Å². The predicted octanol–water partition coefficient (Wildman–Crippen LogP) is 0.694. The third-order valence-corrected chi connectivity index (χ3v) is 3.11. The van der Waals surface area contributed by atoms with Crippen LogP contribution in [0.3, 0.4) is 0 Å². The molecule has 0 aliphatic carbocycles. The van der Waals surface area contributed by atoms with E-state index in [0.29, 0.717) is 31.0 Å². The van der Waals surface area contributed by atoms with Crippen LogP contribution >= 0.6 is 0 Å². The summed E-state index contributed by atoms with van der Waals surface area (Å²) >= 11 is 0. The molecule has 0 bridgehead atoms. The normalized spacial score (nSPS) is 10.7. The molecule has 2 rings (SSSR count). The molecule has 6 heteroatoms. The molecule has 0 unspecified atom stereocenters. The fourth-order valence-corrected chi connectivity index (χ4v) is 2.16. The van der Waals surface area contributed by atoms with Crippen molar-refractivity contribution < 1.29 is 0 Å². The zero-order valence-electron chi connectivity index (χ0n) is 11.7. The minimum absolute atomic E-state index is 0.0603. The standard InChI is InChI=1S/C14H18N4O2/c1-10-8-14(20)18(11(2)16-10)7-3-6-17-9-12(15)4-5-13(17)19/h4-5,8-9H,3,6-7,15H2,1-2H3. The lowest BCUT2D eigenvalue weighted by atomic mass is 10.3. The first-order chi connectivity index (χ1) is 9.47. The Morgan fingerprint density at radius 2 is 1.90 bits per heavy atom. The van der Waals surface area contributed by atoms with Gasteiger partial charge in [-0.1, -0.05) is 0 Å². The zero-order valence-corrected chi connectivity index (χ0v) is 11.7. The summed E-state index contributed by atoms with van der Waals surface area (Å²) in [6, 6.07) is 4.54. The van der Waals surface area contributed by atoms with Crippen molar-refractivity contribution in [3.05, 3.63) is 56.6 Å².